The molecule has 0 atom stereocenters. The average molecular weight is 1010 g/mol. The highest BCUT2D eigenvalue weighted by atomic mass is 35.5. The van der Waals surface area contributed by atoms with Gasteiger partial charge in [0.25, 0.3) is 18.2 Å². The summed E-state index contributed by atoms with van der Waals surface area (Å²) in [6.45, 7) is 0.350. The molecule has 10 heterocycles. The predicted octanol–water partition coefficient (Wildman–Crippen LogP) is 7.19. The maximum Gasteiger partial charge on any atom is 0.273 e. The van der Waals surface area contributed by atoms with Gasteiger partial charge in [-0.15, -0.1) is 10.2 Å². The maximum absolute atomic E-state index is 14.4. The third-order valence-electron chi connectivity index (χ3n) is 12.1. The molecule has 0 saturated heterocycles. The topological polar surface area (TPSA) is 206 Å². The van der Waals surface area contributed by atoms with Gasteiger partial charge in [0.15, 0.2) is 29.3 Å². The molecule has 0 aromatic carbocycles. The van der Waals surface area contributed by atoms with Crippen LogP contribution in [-0.2, 0) is 26.2 Å². The Morgan fingerprint density at radius 1 is 0.676 bits per heavy atom. The summed E-state index contributed by atoms with van der Waals surface area (Å²) >= 11 is 11.7. The molecule has 25 heteroatoms. The smallest absolute Gasteiger partial charge is 0.273 e. The number of nitrogens with one attached hydrogen (secondary N) is 2. The Morgan fingerprint density at radius 2 is 1.15 bits per heavy atom. The molecule has 2 saturated carbocycles. The fourth-order valence-electron chi connectivity index (χ4n) is 8.31. The molecule has 2 amide bonds. The van der Waals surface area contributed by atoms with Gasteiger partial charge in [-0.2, -0.15) is 0 Å². The first-order valence-electron chi connectivity index (χ1n) is 22.1. The molecule has 2 N–H and O–H groups in total. The van der Waals surface area contributed by atoms with E-state index in [0.717, 1.165) is 43.1 Å². The van der Waals surface area contributed by atoms with E-state index in [2.05, 4.69) is 51.2 Å². The number of fused-ring (bicyclic) bond motifs is 4. The van der Waals surface area contributed by atoms with Gasteiger partial charge >= 0.3 is 0 Å². The molecule has 0 unspecified atom stereocenters. The molecule has 0 spiro atoms. The van der Waals surface area contributed by atoms with Crippen LogP contribution in [0.5, 0.6) is 0 Å². The zero-order valence-corrected chi connectivity index (χ0v) is 38.3. The molecule has 10 aromatic heterocycles. The lowest BCUT2D eigenvalue weighted by atomic mass is 10.1. The number of hydrogen-bond donors (Lipinski definition) is 2. The van der Waals surface area contributed by atoms with Crippen LogP contribution in [0.1, 0.15) is 115 Å². The van der Waals surface area contributed by atoms with Crippen LogP contribution in [0.4, 0.5) is 17.6 Å². The van der Waals surface area contributed by atoms with Gasteiger partial charge in [0, 0.05) is 37.2 Å². The molecule has 0 bridgehead atoms. The number of halogens is 6. The average Bonchev–Trinajstić information content (AvgIpc) is 3.94. The van der Waals surface area contributed by atoms with Crippen molar-refractivity contribution in [2.24, 2.45) is 0 Å². The van der Waals surface area contributed by atoms with E-state index in [4.69, 9.17) is 23.2 Å². The first-order valence-corrected chi connectivity index (χ1v) is 22.8. The molecule has 2 aliphatic carbocycles. The van der Waals surface area contributed by atoms with Crippen LogP contribution in [0, 0.1) is 11.6 Å². The zero-order chi connectivity index (χ0) is 49.1. The molecule has 0 aliphatic heterocycles. The second-order valence-electron chi connectivity index (χ2n) is 17.2. The van der Waals surface area contributed by atoms with E-state index >= 15 is 0 Å². The standard InChI is InChI=1S/C23H18ClF3N8O.C23H18ClFN8O2/c24-16-3-4-33-11-29-17(20(33)19(16)25)6-28-23(36)18-10-35(32-31-18)9-14-8-34-7-13(12-1-2-12)5-15(21(26)27)22(34)30-14;24-17-3-4-31-12-27-18(21(31)20(17)25)6-26-23(35)19-10-33(30-29-19)9-16-8-32-7-14(13-1-2-13)5-15(11-34)22(32)28-16/h3-5,7-8,10-12,21H,1-2,6,9H2,(H,28,36);3-5,7-8,10-13H,1-2,6,9H2,(H,26,35). The van der Waals surface area contributed by atoms with Crippen LogP contribution in [0.25, 0.3) is 22.3 Å². The predicted molar refractivity (Wildman–Crippen MR) is 246 cm³/mol. The summed E-state index contributed by atoms with van der Waals surface area (Å²) in [4.78, 5) is 53.9. The first kappa shape index (κ1) is 45.4. The van der Waals surface area contributed by atoms with Crippen molar-refractivity contribution in [3.05, 3.63) is 165 Å². The molecule has 10 aromatic rings. The van der Waals surface area contributed by atoms with Gasteiger partial charge < -0.3 is 28.2 Å². The highest BCUT2D eigenvalue weighted by Gasteiger charge is 2.28. The first-order chi connectivity index (χ1) is 34.4. The Morgan fingerprint density at radius 3 is 1.63 bits per heavy atom. The second-order valence-corrected chi connectivity index (χ2v) is 18.0. The third kappa shape index (κ3) is 9.15. The minimum absolute atomic E-state index is 0.0102. The second kappa shape index (κ2) is 18.4. The Kier molecular flexibility index (Phi) is 11.7. The lowest BCUT2D eigenvalue weighted by molar-refractivity contribution is 0.0937. The molecule has 0 radical (unpaired) electrons. The number of pyridine rings is 4. The van der Waals surface area contributed by atoms with E-state index in [1.54, 1.807) is 23.0 Å². The normalized spacial score (nSPS) is 13.7. The number of aldehydes is 1. The minimum Gasteiger partial charge on any atom is -0.345 e. The third-order valence-corrected chi connectivity index (χ3v) is 12.7. The monoisotopic (exact) mass is 1010 g/mol. The maximum atomic E-state index is 14.4. The van der Waals surface area contributed by atoms with Crippen LogP contribution in [-0.4, -0.2) is 85.6 Å². The van der Waals surface area contributed by atoms with E-state index in [0.29, 0.717) is 45.8 Å². The fraction of sp³-hybridized carbons (Fsp3) is 0.239. The summed E-state index contributed by atoms with van der Waals surface area (Å²) in [5.41, 5.74) is 5.56. The van der Waals surface area contributed by atoms with Crippen molar-refractivity contribution in [2.45, 2.75) is 70.1 Å². The lowest BCUT2D eigenvalue weighted by Gasteiger charge is -2.06. The molecular formula is C46H36Cl2F4N16O3. The highest BCUT2D eigenvalue weighted by Crippen LogP contribution is 2.42. The largest absolute Gasteiger partial charge is 0.345 e. The van der Waals surface area contributed by atoms with Crippen LogP contribution in [0.2, 0.25) is 10.0 Å². The van der Waals surface area contributed by atoms with E-state index in [1.165, 1.54) is 61.4 Å². The van der Waals surface area contributed by atoms with Gasteiger partial charge in [-0.3, -0.25) is 14.4 Å². The Balaban J connectivity index is 0.000000154. The van der Waals surface area contributed by atoms with E-state index in [1.807, 2.05) is 29.1 Å². The number of hydrogen-bond acceptors (Lipinski definition) is 11. The minimum atomic E-state index is -2.64. The number of carbonyl (C=O) groups excluding carboxylic acids is 3. The van der Waals surface area contributed by atoms with Crippen molar-refractivity contribution < 1.29 is 31.9 Å². The molecule has 12 rings (SSSR count). The van der Waals surface area contributed by atoms with E-state index in [-0.39, 0.29) is 69.9 Å². The molecular weight excluding hydrogens is 972 g/mol. The molecule has 360 valence electrons. The highest BCUT2D eigenvalue weighted by molar-refractivity contribution is 6.31. The van der Waals surface area contributed by atoms with E-state index in [9.17, 15) is 31.9 Å². The van der Waals surface area contributed by atoms with Gasteiger partial charge in [0.05, 0.1) is 95.2 Å². The summed E-state index contributed by atoms with van der Waals surface area (Å²) in [6.07, 6.45) is 18.8. The molecule has 2 aliphatic rings. The van der Waals surface area contributed by atoms with Gasteiger partial charge in [0.1, 0.15) is 22.3 Å². The SMILES string of the molecule is O=C(NCc1ncn2ccc(Cl)c(F)c12)c1cn(Cc2cn3cc(C4CC4)cc(C(F)F)c3n2)nn1.O=Cc1cc(C2CC2)cn2cc(Cn3cc(C(=O)NCc4ncn5ccc(Cl)c(F)c45)nn3)nc12. The number of carbonyl (C=O) groups is 3. The van der Waals surface area contributed by atoms with E-state index < -0.39 is 29.9 Å². The van der Waals surface area contributed by atoms with Crippen LogP contribution in [0.15, 0.2) is 86.5 Å². The number of aromatic nitrogens is 14. The number of alkyl halides is 2. The van der Waals surface area contributed by atoms with Crippen LogP contribution in [0.3, 0.4) is 0 Å². The number of amides is 2. The summed E-state index contributed by atoms with van der Waals surface area (Å²) in [7, 11) is 0. The van der Waals surface area contributed by atoms with Gasteiger partial charge in [-0.1, -0.05) is 33.6 Å². The van der Waals surface area contributed by atoms with Crippen molar-refractivity contribution in [1.82, 2.24) is 78.2 Å². The number of rotatable bonds is 14. The summed E-state index contributed by atoms with van der Waals surface area (Å²) in [6, 6.07) is 6.28. The van der Waals surface area contributed by atoms with Crippen molar-refractivity contribution in [3.63, 3.8) is 0 Å². The summed E-state index contributed by atoms with van der Waals surface area (Å²) in [5, 5.41) is 21.0. The van der Waals surface area contributed by atoms with Crippen LogP contribution >= 0.6 is 23.2 Å². The Hall–Kier alpha value is -8.05. The molecule has 71 heavy (non-hydrogen) atoms. The lowest BCUT2D eigenvalue weighted by Crippen LogP contribution is -2.23. The molecule has 19 nitrogen and oxygen atoms in total. The summed E-state index contributed by atoms with van der Waals surface area (Å²) in [5.74, 6) is -1.41. The van der Waals surface area contributed by atoms with Crippen molar-refractivity contribution >= 4 is 63.6 Å². The van der Waals surface area contributed by atoms with Crippen molar-refractivity contribution in [1.29, 1.82) is 0 Å². The van der Waals surface area contributed by atoms with Gasteiger partial charge in [-0.25, -0.2) is 46.9 Å². The number of nitrogens with zero attached hydrogens (tertiary/aromatic N) is 14. The molecule has 2 fully saturated rings. The van der Waals surface area contributed by atoms with Gasteiger partial charge in [0.2, 0.25) is 0 Å². The Bertz CT molecular complexity index is 3720. The van der Waals surface area contributed by atoms with Crippen molar-refractivity contribution in [3.8, 4) is 0 Å². The van der Waals surface area contributed by atoms with Crippen molar-refractivity contribution in [2.75, 3.05) is 0 Å². The van der Waals surface area contributed by atoms with Gasteiger partial charge in [-0.05, 0) is 72.9 Å². The Labute approximate surface area is 407 Å². The summed E-state index contributed by atoms with van der Waals surface area (Å²) < 4.78 is 65.4. The quantitative estimate of drug-likeness (QED) is 0.0824. The van der Waals surface area contributed by atoms with Crippen LogP contribution < -0.4 is 10.6 Å². The fourth-order valence-corrected chi connectivity index (χ4v) is 8.60. The zero-order valence-electron chi connectivity index (χ0n) is 36.8. The number of imidazole rings is 4.